The summed E-state index contributed by atoms with van der Waals surface area (Å²) in [5.41, 5.74) is 1.04. The fraction of sp³-hybridized carbons (Fsp3) is 0.381. The number of hydrogen-bond acceptors (Lipinski definition) is 4. The lowest BCUT2D eigenvalue weighted by molar-refractivity contribution is -0.169. The molecule has 2 aliphatic heterocycles. The van der Waals surface area contributed by atoms with Crippen molar-refractivity contribution in [2.75, 3.05) is 6.79 Å². The molecule has 0 radical (unpaired) electrons. The number of amides is 1. The maximum Gasteiger partial charge on any atom is 0.267 e. The van der Waals surface area contributed by atoms with Crippen molar-refractivity contribution in [2.45, 2.75) is 43.9 Å². The number of nitrogens with zero attached hydrogens (tertiary/aromatic N) is 1. The Bertz CT molecular complexity index is 816. The molecule has 1 saturated carbocycles. The maximum absolute atomic E-state index is 12.9. The first-order valence-corrected chi connectivity index (χ1v) is 9.25. The first-order valence-electron chi connectivity index (χ1n) is 9.25. The predicted octanol–water partition coefficient (Wildman–Crippen LogP) is 3.69. The van der Waals surface area contributed by atoms with Gasteiger partial charge in [0.05, 0.1) is 0 Å². The summed E-state index contributed by atoms with van der Waals surface area (Å²) in [4.78, 5) is 14.9. The summed E-state index contributed by atoms with van der Waals surface area (Å²) in [6.07, 6.45) is 4.03. The largest absolute Gasteiger partial charge is 0.478 e. The van der Waals surface area contributed by atoms with Crippen molar-refractivity contribution in [3.63, 3.8) is 0 Å². The van der Waals surface area contributed by atoms with E-state index in [4.69, 9.17) is 14.2 Å². The minimum absolute atomic E-state index is 0.0830. The van der Waals surface area contributed by atoms with Crippen LogP contribution in [0.5, 0.6) is 17.2 Å². The quantitative estimate of drug-likeness (QED) is 0.788. The van der Waals surface area contributed by atoms with Gasteiger partial charge >= 0.3 is 0 Å². The van der Waals surface area contributed by atoms with Gasteiger partial charge in [0, 0.05) is 6.04 Å². The molecule has 0 N–H and O–H groups in total. The average molecular weight is 351 g/mol. The van der Waals surface area contributed by atoms with E-state index in [9.17, 15) is 4.79 Å². The van der Waals surface area contributed by atoms with Gasteiger partial charge in [-0.25, -0.2) is 0 Å². The molecule has 0 spiro atoms. The summed E-state index contributed by atoms with van der Waals surface area (Å²) in [5, 5.41) is 0. The van der Waals surface area contributed by atoms with E-state index in [1.807, 2.05) is 53.4 Å². The van der Waals surface area contributed by atoms with Crippen LogP contribution in [0.1, 0.15) is 37.3 Å². The van der Waals surface area contributed by atoms with Gasteiger partial charge in [-0.3, -0.25) is 4.79 Å². The minimum Gasteiger partial charge on any atom is -0.478 e. The summed E-state index contributed by atoms with van der Waals surface area (Å²) >= 11 is 0. The van der Waals surface area contributed by atoms with Gasteiger partial charge in [-0.15, -0.1) is 0 Å². The Morgan fingerprint density at radius 2 is 1.73 bits per heavy atom. The molecule has 0 bridgehead atoms. The first-order chi connectivity index (χ1) is 12.8. The number of carbonyl (C=O) groups excluding carboxylic acids is 1. The zero-order valence-electron chi connectivity index (χ0n) is 14.5. The molecule has 2 aromatic carbocycles. The van der Waals surface area contributed by atoms with E-state index in [0.29, 0.717) is 6.04 Å². The summed E-state index contributed by atoms with van der Waals surface area (Å²) in [5.74, 6) is 2.31. The van der Waals surface area contributed by atoms with Crippen molar-refractivity contribution < 1.29 is 19.0 Å². The minimum atomic E-state index is -0.488. The van der Waals surface area contributed by atoms with Gasteiger partial charge in [0.1, 0.15) is 11.8 Å². The van der Waals surface area contributed by atoms with Crippen LogP contribution < -0.4 is 14.2 Å². The van der Waals surface area contributed by atoms with Crippen LogP contribution in [0.3, 0.4) is 0 Å². The van der Waals surface area contributed by atoms with E-state index < -0.39 is 6.10 Å². The summed E-state index contributed by atoms with van der Waals surface area (Å²) in [7, 11) is 0. The third-order valence-corrected chi connectivity index (χ3v) is 5.55. The van der Waals surface area contributed by atoms with Crippen LogP contribution >= 0.6 is 0 Å². The highest BCUT2D eigenvalue weighted by atomic mass is 16.7. The third-order valence-electron chi connectivity index (χ3n) is 5.55. The van der Waals surface area contributed by atoms with Crippen LogP contribution in [0.4, 0.5) is 0 Å². The van der Waals surface area contributed by atoms with E-state index >= 15 is 0 Å². The topological polar surface area (TPSA) is 48.0 Å². The Labute approximate surface area is 152 Å². The van der Waals surface area contributed by atoms with Crippen molar-refractivity contribution in [2.24, 2.45) is 0 Å². The number of hydrogen-bond donors (Lipinski definition) is 0. The second-order valence-corrected chi connectivity index (χ2v) is 7.09. The molecule has 2 fully saturated rings. The Hall–Kier alpha value is -2.69. The van der Waals surface area contributed by atoms with Crippen LogP contribution in [-0.2, 0) is 4.79 Å². The van der Waals surface area contributed by atoms with Gasteiger partial charge in [0.25, 0.3) is 5.91 Å². The van der Waals surface area contributed by atoms with Crippen LogP contribution in [-0.4, -0.2) is 29.7 Å². The van der Waals surface area contributed by atoms with E-state index in [2.05, 4.69) is 0 Å². The molecule has 0 aromatic heterocycles. The Kier molecular flexibility index (Phi) is 3.73. The van der Waals surface area contributed by atoms with Crippen LogP contribution in [0.25, 0.3) is 0 Å². The first kappa shape index (κ1) is 15.6. The Balaban J connectivity index is 1.47. The number of fused-ring (bicyclic) bond motifs is 1. The molecule has 1 aliphatic carbocycles. The summed E-state index contributed by atoms with van der Waals surface area (Å²) < 4.78 is 17.0. The molecular formula is C21H21NO4. The van der Waals surface area contributed by atoms with E-state index in [-0.39, 0.29) is 18.7 Å². The summed E-state index contributed by atoms with van der Waals surface area (Å²) in [6, 6.07) is 15.7. The highest BCUT2D eigenvalue weighted by Crippen LogP contribution is 2.45. The van der Waals surface area contributed by atoms with Gasteiger partial charge in [-0.05, 0) is 42.7 Å². The molecule has 2 heterocycles. The van der Waals surface area contributed by atoms with Gasteiger partial charge in [0.15, 0.2) is 11.5 Å². The van der Waals surface area contributed by atoms with E-state index in [0.717, 1.165) is 35.7 Å². The van der Waals surface area contributed by atoms with Crippen molar-refractivity contribution >= 4 is 5.91 Å². The van der Waals surface area contributed by atoms with Gasteiger partial charge in [-0.1, -0.05) is 37.1 Å². The monoisotopic (exact) mass is 351 g/mol. The van der Waals surface area contributed by atoms with Crippen LogP contribution in [0.2, 0.25) is 0 Å². The molecule has 134 valence electrons. The number of benzene rings is 2. The van der Waals surface area contributed by atoms with Crippen LogP contribution in [0.15, 0.2) is 48.5 Å². The SMILES string of the molecule is O=C1[C@@H](Oc2ccccc2)[C@@H](c2ccc3c(c2)OCO3)N1C1CCCC1. The Morgan fingerprint density at radius 3 is 2.54 bits per heavy atom. The zero-order chi connectivity index (χ0) is 17.5. The molecule has 5 rings (SSSR count). The molecule has 1 amide bonds. The lowest BCUT2D eigenvalue weighted by atomic mass is 9.87. The lowest BCUT2D eigenvalue weighted by Crippen LogP contribution is -2.64. The highest BCUT2D eigenvalue weighted by Gasteiger charge is 2.53. The normalized spacial score (nSPS) is 24.6. The molecule has 5 heteroatoms. The van der Waals surface area contributed by atoms with E-state index in [1.165, 1.54) is 12.8 Å². The molecule has 3 aliphatic rings. The molecule has 1 saturated heterocycles. The molecule has 0 unspecified atom stereocenters. The lowest BCUT2D eigenvalue weighted by Gasteiger charge is -2.50. The van der Waals surface area contributed by atoms with Crippen molar-refractivity contribution in [3.05, 3.63) is 54.1 Å². The number of rotatable bonds is 4. The third kappa shape index (κ3) is 2.50. The smallest absolute Gasteiger partial charge is 0.267 e. The van der Waals surface area contributed by atoms with Crippen molar-refractivity contribution in [1.29, 1.82) is 0 Å². The van der Waals surface area contributed by atoms with E-state index in [1.54, 1.807) is 0 Å². The van der Waals surface area contributed by atoms with Crippen molar-refractivity contribution in [1.82, 2.24) is 4.90 Å². The molecule has 2 atom stereocenters. The fourth-order valence-corrected chi connectivity index (χ4v) is 4.27. The van der Waals surface area contributed by atoms with Gasteiger partial charge < -0.3 is 19.1 Å². The van der Waals surface area contributed by atoms with Crippen LogP contribution in [0, 0.1) is 0 Å². The Morgan fingerprint density at radius 1 is 0.962 bits per heavy atom. The molecular weight excluding hydrogens is 330 g/mol. The van der Waals surface area contributed by atoms with Gasteiger partial charge in [-0.2, -0.15) is 0 Å². The molecule has 26 heavy (non-hydrogen) atoms. The predicted molar refractivity (Wildman–Crippen MR) is 95.3 cm³/mol. The second-order valence-electron chi connectivity index (χ2n) is 7.09. The molecule has 5 nitrogen and oxygen atoms in total. The zero-order valence-corrected chi connectivity index (χ0v) is 14.5. The standard InChI is InChI=1S/C21H21NO4/c23-21-20(26-16-8-2-1-3-9-16)19(22(21)15-6-4-5-7-15)14-10-11-17-18(12-14)25-13-24-17/h1-3,8-12,15,19-20H,4-7,13H2/t19-,20+/m1/s1. The van der Waals surface area contributed by atoms with Gasteiger partial charge in [0.2, 0.25) is 12.9 Å². The number of para-hydroxylation sites is 1. The summed E-state index contributed by atoms with van der Waals surface area (Å²) in [6.45, 7) is 0.249. The second kappa shape index (κ2) is 6.24. The number of ether oxygens (including phenoxy) is 3. The molecule has 2 aromatic rings. The number of β-lactam (4-membered cyclic amide) rings is 1. The highest BCUT2D eigenvalue weighted by molar-refractivity contribution is 5.89. The average Bonchev–Trinajstić information content (AvgIpc) is 3.35. The maximum atomic E-state index is 12.9. The van der Waals surface area contributed by atoms with Crippen molar-refractivity contribution in [3.8, 4) is 17.2 Å². The fourth-order valence-electron chi connectivity index (χ4n) is 4.27. The number of likely N-dealkylation sites (tertiary alicyclic amines) is 1. The number of carbonyl (C=O) groups is 1.